The molecule has 2 saturated carbocycles. The van der Waals surface area contributed by atoms with Crippen LogP contribution in [-0.4, -0.2) is 70.6 Å². The second kappa shape index (κ2) is 15.6. The molecule has 1 aromatic carbocycles. The molecule has 3 amide bonds. The van der Waals surface area contributed by atoms with Gasteiger partial charge in [-0.25, -0.2) is 13.4 Å². The summed E-state index contributed by atoms with van der Waals surface area (Å²) in [7, 11) is -4.05. The minimum atomic E-state index is -4.87. The SMILES string of the molecule is CC1CC(C)CC(Oc2ccc3nc(C(F)(F)F)c4c(c3c2)CC[C@]2(CC3C(=O)N[C@@](C)(C(=O)NS(=O)(=O)C5(C)CC5)C/C=C\CCCCC[C@H](C)C(=O)N3C2)O4)C1. The number of pyridine rings is 1. The van der Waals surface area contributed by atoms with Crippen molar-refractivity contribution in [2.75, 3.05) is 6.54 Å². The molecule has 2 aliphatic carbocycles. The lowest BCUT2D eigenvalue weighted by Crippen LogP contribution is -2.61. The summed E-state index contributed by atoms with van der Waals surface area (Å²) in [5, 5.41) is 3.28. The summed E-state index contributed by atoms with van der Waals surface area (Å²) in [6, 6.07) is 3.75. The van der Waals surface area contributed by atoms with Gasteiger partial charge in [0, 0.05) is 23.3 Å². The Balaban J connectivity index is 1.22. The number of hydrogen-bond acceptors (Lipinski definition) is 8. The van der Waals surface area contributed by atoms with Crippen molar-refractivity contribution >= 4 is 38.6 Å². The fourth-order valence-electron chi connectivity index (χ4n) is 9.46. The van der Waals surface area contributed by atoms with Crippen LogP contribution in [0.2, 0.25) is 0 Å². The number of fused-ring (bicyclic) bond motifs is 4. The number of allylic oxidation sites excluding steroid dienone is 1. The summed E-state index contributed by atoms with van der Waals surface area (Å²) in [5.74, 6) is -1.34. The lowest BCUT2D eigenvalue weighted by Gasteiger charge is -2.37. The zero-order valence-corrected chi connectivity index (χ0v) is 35.0. The maximum absolute atomic E-state index is 14.9. The Labute approximate surface area is 339 Å². The molecule has 11 nitrogen and oxygen atoms in total. The first-order valence-corrected chi connectivity index (χ1v) is 22.4. The highest BCUT2D eigenvalue weighted by Crippen LogP contribution is 2.49. The molecule has 0 radical (unpaired) electrons. The smallest absolute Gasteiger partial charge is 0.437 e. The van der Waals surface area contributed by atoms with Crippen molar-refractivity contribution < 1.29 is 45.4 Å². The number of nitrogens with one attached hydrogen (secondary N) is 2. The van der Waals surface area contributed by atoms with Crippen LogP contribution in [0.25, 0.3) is 10.9 Å². The van der Waals surface area contributed by atoms with E-state index >= 15 is 0 Å². The average molecular weight is 831 g/mol. The Kier molecular flexibility index (Phi) is 11.4. The summed E-state index contributed by atoms with van der Waals surface area (Å²) < 4.78 is 84.9. The number of sulfonamides is 1. The number of rotatable bonds is 5. The largest absolute Gasteiger partial charge is 0.490 e. The topological polar surface area (TPSA) is 144 Å². The van der Waals surface area contributed by atoms with Gasteiger partial charge in [0.15, 0.2) is 11.4 Å². The van der Waals surface area contributed by atoms with Crippen LogP contribution in [0.15, 0.2) is 30.4 Å². The van der Waals surface area contributed by atoms with Crippen molar-refractivity contribution in [3.05, 3.63) is 41.6 Å². The first-order valence-electron chi connectivity index (χ1n) is 21.0. The summed E-state index contributed by atoms with van der Waals surface area (Å²) in [5.41, 5.74) is -3.78. The van der Waals surface area contributed by atoms with E-state index in [2.05, 4.69) is 28.9 Å². The summed E-state index contributed by atoms with van der Waals surface area (Å²) in [6.45, 7) is 9.02. The average Bonchev–Trinajstić information content (AvgIpc) is 3.81. The molecular weight excluding hydrogens is 774 g/mol. The van der Waals surface area contributed by atoms with E-state index in [9.17, 15) is 36.0 Å². The van der Waals surface area contributed by atoms with Crippen LogP contribution in [0, 0.1) is 17.8 Å². The highest BCUT2D eigenvalue weighted by Gasteiger charge is 2.56. The Hall–Kier alpha value is -3.88. The lowest BCUT2D eigenvalue weighted by molar-refractivity contribution is -0.145. The van der Waals surface area contributed by atoms with Crippen LogP contribution in [0.3, 0.4) is 0 Å². The zero-order valence-electron chi connectivity index (χ0n) is 34.2. The predicted octanol–water partition coefficient (Wildman–Crippen LogP) is 7.54. The summed E-state index contributed by atoms with van der Waals surface area (Å²) in [4.78, 5) is 48.0. The Morgan fingerprint density at radius 1 is 1.02 bits per heavy atom. The number of carbonyl (C=O) groups is 3. The molecule has 318 valence electrons. The molecule has 0 bridgehead atoms. The Bertz CT molecular complexity index is 2080. The third kappa shape index (κ3) is 8.56. The number of amides is 3. The van der Waals surface area contributed by atoms with Crippen molar-refractivity contribution in [2.45, 2.75) is 159 Å². The van der Waals surface area contributed by atoms with Crippen LogP contribution < -0.4 is 19.5 Å². The molecule has 6 atom stereocenters. The van der Waals surface area contributed by atoms with Gasteiger partial charge in [-0.2, -0.15) is 13.2 Å². The van der Waals surface area contributed by atoms with E-state index in [1.54, 1.807) is 38.1 Å². The van der Waals surface area contributed by atoms with Gasteiger partial charge in [-0.15, -0.1) is 0 Å². The van der Waals surface area contributed by atoms with Gasteiger partial charge >= 0.3 is 6.18 Å². The molecule has 4 heterocycles. The summed E-state index contributed by atoms with van der Waals surface area (Å²) in [6.07, 6.45) is 6.34. The molecular formula is C43H57F3N4O7S. The second-order valence-corrected chi connectivity index (χ2v) is 20.7. The standard InChI is InChI=1S/C43H57F3N4O7S/c1-26-20-27(2)22-30(21-26)56-29-13-14-33-32(23-29)31-15-17-42(57-35(31)36(47-33)43(44,45)46)24-34-37(51)48-41(5,39(53)49-58(54,55)40(4)18-19-40)16-11-9-7-6-8-10-12-28(3)38(52)50(34)25-42/h9,11,13-14,23,26-28,30,34H,6-8,10,12,15-22,24-25H2,1-5H3,(H,48,51)(H,49,53)/b11-9-/t26?,27?,28-,30?,34?,41+,42+/m0/s1. The van der Waals surface area contributed by atoms with Crippen LogP contribution >= 0.6 is 0 Å². The first kappa shape index (κ1) is 42.3. The van der Waals surface area contributed by atoms with Gasteiger partial charge in [-0.05, 0) is 115 Å². The first-order chi connectivity index (χ1) is 27.2. The van der Waals surface area contributed by atoms with Crippen LogP contribution in [0.1, 0.15) is 129 Å². The number of carbonyl (C=O) groups excluding carboxylic acids is 3. The number of hydrogen-bond donors (Lipinski definition) is 2. The number of halogens is 3. The minimum absolute atomic E-state index is 0.0147. The van der Waals surface area contributed by atoms with E-state index in [-0.39, 0.29) is 49.8 Å². The maximum Gasteiger partial charge on any atom is 0.437 e. The van der Waals surface area contributed by atoms with Gasteiger partial charge < -0.3 is 19.7 Å². The molecule has 58 heavy (non-hydrogen) atoms. The van der Waals surface area contributed by atoms with E-state index in [0.717, 1.165) is 38.5 Å². The van der Waals surface area contributed by atoms with Crippen molar-refractivity contribution in [3.63, 3.8) is 0 Å². The van der Waals surface area contributed by atoms with Crippen LogP contribution in [0.4, 0.5) is 13.2 Å². The summed E-state index contributed by atoms with van der Waals surface area (Å²) >= 11 is 0. The monoisotopic (exact) mass is 830 g/mol. The van der Waals surface area contributed by atoms with Gasteiger partial charge in [0.2, 0.25) is 21.8 Å². The Morgan fingerprint density at radius 3 is 2.43 bits per heavy atom. The zero-order chi connectivity index (χ0) is 41.8. The van der Waals surface area contributed by atoms with E-state index in [1.807, 2.05) is 6.08 Å². The van der Waals surface area contributed by atoms with Crippen LogP contribution in [-0.2, 0) is 37.0 Å². The molecule has 15 heteroatoms. The fourth-order valence-corrected chi connectivity index (χ4v) is 10.8. The quantitative estimate of drug-likeness (QED) is 0.295. The van der Waals surface area contributed by atoms with Crippen molar-refractivity contribution in [3.8, 4) is 11.5 Å². The molecule has 5 aliphatic rings. The van der Waals surface area contributed by atoms with Gasteiger partial charge in [-0.3, -0.25) is 19.1 Å². The number of benzene rings is 1. The van der Waals surface area contributed by atoms with Crippen molar-refractivity contribution in [2.24, 2.45) is 17.8 Å². The molecule has 1 saturated heterocycles. The molecule has 3 fully saturated rings. The molecule has 3 aliphatic heterocycles. The van der Waals surface area contributed by atoms with E-state index in [1.165, 1.54) is 11.8 Å². The number of aromatic nitrogens is 1. The number of alkyl halides is 3. The number of aryl methyl sites for hydroxylation is 1. The van der Waals surface area contributed by atoms with Crippen molar-refractivity contribution in [1.82, 2.24) is 19.9 Å². The fraction of sp³-hybridized carbons (Fsp3) is 0.674. The molecule has 2 aromatic rings. The molecule has 1 spiro atoms. The molecule has 1 aromatic heterocycles. The van der Waals surface area contributed by atoms with Crippen molar-refractivity contribution in [1.29, 1.82) is 0 Å². The highest BCUT2D eigenvalue weighted by atomic mass is 32.2. The third-order valence-electron chi connectivity index (χ3n) is 13.2. The normalized spacial score (nSPS) is 32.6. The maximum atomic E-state index is 14.9. The Morgan fingerprint density at radius 2 is 1.74 bits per heavy atom. The third-order valence-corrected chi connectivity index (χ3v) is 15.4. The molecule has 2 N–H and O–H groups in total. The van der Waals surface area contributed by atoms with Gasteiger partial charge in [-0.1, -0.05) is 45.8 Å². The van der Waals surface area contributed by atoms with E-state index in [4.69, 9.17) is 9.47 Å². The lowest BCUT2D eigenvalue weighted by atomic mass is 9.82. The van der Waals surface area contributed by atoms with Gasteiger partial charge in [0.25, 0.3) is 5.91 Å². The highest BCUT2D eigenvalue weighted by molar-refractivity contribution is 7.91. The second-order valence-electron chi connectivity index (χ2n) is 18.5. The van der Waals surface area contributed by atoms with Crippen LogP contribution in [0.5, 0.6) is 11.5 Å². The minimum Gasteiger partial charge on any atom is -0.490 e. The molecule has 7 rings (SSSR count). The predicted molar refractivity (Wildman–Crippen MR) is 212 cm³/mol. The number of ether oxygens (including phenoxy) is 2. The van der Waals surface area contributed by atoms with Gasteiger partial charge in [0.1, 0.15) is 22.9 Å². The van der Waals surface area contributed by atoms with E-state index < -0.39 is 67.3 Å². The molecule has 3 unspecified atom stereocenters. The van der Waals surface area contributed by atoms with Gasteiger partial charge in [0.05, 0.1) is 22.9 Å². The van der Waals surface area contributed by atoms with E-state index in [0.29, 0.717) is 54.2 Å². The number of nitrogens with zero attached hydrogens (tertiary/aromatic N) is 2.